The van der Waals surface area contributed by atoms with Crippen molar-refractivity contribution in [3.8, 4) is 114 Å². The van der Waals surface area contributed by atoms with Crippen LogP contribution in [0, 0.1) is 0 Å². The first-order valence-electron chi connectivity index (χ1n) is 45.5. The van der Waals surface area contributed by atoms with Crippen LogP contribution in [0.5, 0.6) is 69.0 Å². The van der Waals surface area contributed by atoms with Gasteiger partial charge in [0.1, 0.15) is 148 Å². The fourth-order valence-electron chi connectivity index (χ4n) is 16.9. The van der Waals surface area contributed by atoms with E-state index in [2.05, 4.69) is 180 Å². The first-order chi connectivity index (χ1) is 67.2. The molecule has 16 heteroatoms. The molecule has 21 rings (SSSR count). The van der Waals surface area contributed by atoms with Gasteiger partial charge < -0.3 is 66.8 Å². The van der Waals surface area contributed by atoms with Gasteiger partial charge in [-0.25, -0.2) is 9.97 Å². The Morgan fingerprint density at radius 1 is 0.140 bits per heavy atom. The largest absolute Gasteiger partial charge is 0.489 e. The lowest BCUT2D eigenvalue weighted by Gasteiger charge is -2.14. The maximum atomic E-state index is 6.92. The molecular weight excluding hydrogens is 1690 g/mol. The molecule has 8 bridgehead atoms. The van der Waals surface area contributed by atoms with Crippen LogP contribution in [-0.2, 0) is 79.3 Å². The molecular formula is C120H94N4O12. The highest BCUT2D eigenvalue weighted by molar-refractivity contribution is 6.11. The second kappa shape index (κ2) is 40.6. The summed E-state index contributed by atoms with van der Waals surface area (Å²) in [6.07, 6.45) is 0. The Labute approximate surface area is 788 Å². The average molecular weight is 1780 g/mol. The summed E-state index contributed by atoms with van der Waals surface area (Å²) in [6.45, 7) is 3.81. The Balaban J connectivity index is 0.682. The SMILES string of the molecule is c1ccc(COc2cc(COc3ccc4c(c3)-c3cc5[nH]c(cc6nc(cc7[nH]c(cc-4n3)c3cc(OCc4cc(OCc8ccccc8)cc(OCc8ccccc8)c4)ccc73)-c3cc(OCc4cc(OCc7ccccc7)cc(OCc7ccccc7)c4)ccc3-6)c3cc(OCc4cc(OCc6ccccc6)cc(OCc6ccccc6)c4)ccc53)cc(OCc3ccccc3)c2)cc1. The van der Waals surface area contributed by atoms with E-state index in [4.69, 9.17) is 66.8 Å². The third kappa shape index (κ3) is 21.3. The summed E-state index contributed by atoms with van der Waals surface area (Å²) < 4.78 is 79.6. The third-order valence-electron chi connectivity index (χ3n) is 23.7. The number of ether oxygens (including phenoxy) is 12. The highest BCUT2D eigenvalue weighted by Crippen LogP contribution is 2.45. The van der Waals surface area contributed by atoms with E-state index in [9.17, 15) is 0 Å². The van der Waals surface area contributed by atoms with Gasteiger partial charge in [0.05, 0.1) is 22.8 Å². The van der Waals surface area contributed by atoms with Gasteiger partial charge in [0.2, 0.25) is 0 Å². The maximum Gasteiger partial charge on any atom is 0.123 e. The predicted molar refractivity (Wildman–Crippen MR) is 534 cm³/mol. The third-order valence-corrected chi connectivity index (χ3v) is 23.7. The standard InChI is InChI=1S/C120H94N4O12/c1-9-25-81(26-10-1)69-129-97-49-89(50-98(57-97)130-70-82-27-11-2-12-28-82)77-125-93-41-45-105-109(61-93)117-65-114-106-46-42-94(126-78-90-51-99(131-71-83-29-13-3-14-30-83)58-100(52-90)132-72-84-31-15-4-16-32-84)62-110(106)119(122-114)67-116-108-48-44-96(128-80-92-55-103(135-75-87-37-21-7-22-38-87)60-104(56-92)136-76-88-39-23-8-24-40-88)64-112(108)120(124-116)68-115-107-47-43-95(63-111(107)118(123-115)66-113(105)121-117)127-79-91-53-101(133-73-85-33-17-5-18-34-85)59-102(54-91)134-74-86-35-19-6-20-36-86/h1-68,121,124H,69-80H2. The second-order valence-corrected chi connectivity index (χ2v) is 33.7. The number of benzene rings is 16. The number of nitrogens with one attached hydrogen (secondary N) is 2. The van der Waals surface area contributed by atoms with Crippen molar-refractivity contribution >= 4 is 43.6 Å². The molecule has 136 heavy (non-hydrogen) atoms. The summed E-state index contributed by atoms with van der Waals surface area (Å²) in [7, 11) is 0. The van der Waals surface area contributed by atoms with Crippen LogP contribution < -0.4 is 56.8 Å². The van der Waals surface area contributed by atoms with E-state index < -0.39 is 0 Å². The Bertz CT molecular complexity index is 6900. The van der Waals surface area contributed by atoms with Gasteiger partial charge in [-0.3, -0.25) is 0 Å². The fourth-order valence-corrected chi connectivity index (χ4v) is 16.9. The van der Waals surface area contributed by atoms with Crippen LogP contribution in [0.1, 0.15) is 66.8 Å². The zero-order valence-electron chi connectivity index (χ0n) is 74.5. The van der Waals surface area contributed by atoms with Crippen LogP contribution in [0.3, 0.4) is 0 Å². The number of H-pyrrole nitrogens is 2. The van der Waals surface area contributed by atoms with E-state index in [0.29, 0.717) is 145 Å². The molecule has 0 saturated carbocycles. The fraction of sp³-hybridized carbons (Fsp3) is 0.100. The molecule has 666 valence electrons. The number of hydrogen-bond donors (Lipinski definition) is 2. The second-order valence-electron chi connectivity index (χ2n) is 33.7. The van der Waals surface area contributed by atoms with Gasteiger partial charge in [-0.2, -0.15) is 0 Å². The van der Waals surface area contributed by atoms with Gasteiger partial charge in [-0.05, 0) is 212 Å². The normalized spacial score (nSPS) is 11.3. The molecule has 3 aromatic heterocycles. The van der Waals surface area contributed by atoms with Crippen molar-refractivity contribution in [3.05, 3.63) is 479 Å². The molecule has 2 aliphatic rings. The highest BCUT2D eigenvalue weighted by atomic mass is 16.5. The van der Waals surface area contributed by atoms with Crippen molar-refractivity contribution in [2.45, 2.75) is 79.3 Å². The smallest absolute Gasteiger partial charge is 0.123 e. The molecule has 19 aromatic rings. The van der Waals surface area contributed by atoms with Crippen molar-refractivity contribution in [1.82, 2.24) is 19.9 Å². The average Bonchev–Trinajstić information content (AvgIpc) is 1.59. The summed E-state index contributed by atoms with van der Waals surface area (Å²) >= 11 is 0. The monoisotopic (exact) mass is 1780 g/mol. The minimum absolute atomic E-state index is 0.200. The van der Waals surface area contributed by atoms with Crippen molar-refractivity contribution in [2.75, 3.05) is 0 Å². The van der Waals surface area contributed by atoms with E-state index in [-0.39, 0.29) is 26.4 Å². The molecule has 0 unspecified atom stereocenters. The van der Waals surface area contributed by atoms with Gasteiger partial charge in [0, 0.05) is 90.1 Å². The minimum atomic E-state index is 0.200. The molecule has 0 saturated heterocycles. The molecule has 0 spiro atoms. The first kappa shape index (κ1) is 85.5. The molecule has 2 aliphatic heterocycles. The van der Waals surface area contributed by atoms with Gasteiger partial charge in [-0.1, -0.05) is 243 Å². The number of aromatic nitrogens is 4. The van der Waals surface area contributed by atoms with Gasteiger partial charge in [0.15, 0.2) is 0 Å². The summed E-state index contributed by atoms with van der Waals surface area (Å²) in [4.78, 5) is 19.2. The number of rotatable bonds is 36. The number of aromatic amines is 2. The van der Waals surface area contributed by atoms with Crippen molar-refractivity contribution in [3.63, 3.8) is 0 Å². The quantitative estimate of drug-likeness (QED) is 0.0380. The summed E-state index contributed by atoms with van der Waals surface area (Å²) in [5, 5.41) is 3.60. The van der Waals surface area contributed by atoms with E-state index in [1.807, 2.05) is 243 Å². The molecule has 0 radical (unpaired) electrons. The van der Waals surface area contributed by atoms with Crippen molar-refractivity contribution in [2.24, 2.45) is 0 Å². The molecule has 5 heterocycles. The molecule has 16 nitrogen and oxygen atoms in total. The summed E-state index contributed by atoms with van der Waals surface area (Å²) in [6, 6.07) is 138. The molecule has 0 amide bonds. The van der Waals surface area contributed by atoms with E-state index in [1.54, 1.807) is 0 Å². The summed E-state index contributed by atoms with van der Waals surface area (Å²) in [5.41, 5.74) is 21.3. The predicted octanol–water partition coefficient (Wildman–Crippen LogP) is 28.2. The number of fused-ring (bicyclic) bond motifs is 20. The van der Waals surface area contributed by atoms with E-state index in [0.717, 1.165) is 133 Å². The number of nitrogens with zero attached hydrogens (tertiary/aromatic N) is 2. The number of hydrogen-bond acceptors (Lipinski definition) is 14. The minimum Gasteiger partial charge on any atom is -0.489 e. The van der Waals surface area contributed by atoms with E-state index in [1.165, 1.54) is 0 Å². The Morgan fingerprint density at radius 3 is 0.551 bits per heavy atom. The van der Waals surface area contributed by atoms with Crippen LogP contribution in [0.25, 0.3) is 88.6 Å². The first-order valence-corrected chi connectivity index (χ1v) is 45.5. The topological polar surface area (TPSA) is 168 Å². The Hall–Kier alpha value is -17.2. The highest BCUT2D eigenvalue weighted by Gasteiger charge is 2.24. The van der Waals surface area contributed by atoms with Crippen LogP contribution in [0.4, 0.5) is 0 Å². The lowest BCUT2D eigenvalue weighted by atomic mass is 10.0. The van der Waals surface area contributed by atoms with E-state index >= 15 is 0 Å². The van der Waals surface area contributed by atoms with Crippen LogP contribution >= 0.6 is 0 Å². The zero-order valence-corrected chi connectivity index (χ0v) is 74.5. The van der Waals surface area contributed by atoms with Gasteiger partial charge >= 0.3 is 0 Å². The molecule has 0 fully saturated rings. The van der Waals surface area contributed by atoms with Gasteiger partial charge in [0.25, 0.3) is 0 Å². The molecule has 0 aliphatic carbocycles. The Kier molecular flexibility index (Phi) is 25.6. The lowest BCUT2D eigenvalue weighted by molar-refractivity contribution is 0.281. The van der Waals surface area contributed by atoms with Crippen LogP contribution in [-0.4, -0.2) is 19.9 Å². The molecule has 16 aromatic carbocycles. The Morgan fingerprint density at radius 2 is 0.324 bits per heavy atom. The molecule has 2 N–H and O–H groups in total. The van der Waals surface area contributed by atoms with Gasteiger partial charge in [-0.15, -0.1) is 0 Å². The maximum absolute atomic E-state index is 6.92. The lowest BCUT2D eigenvalue weighted by Crippen LogP contribution is -2.01. The van der Waals surface area contributed by atoms with Crippen molar-refractivity contribution < 1.29 is 56.8 Å². The molecule has 0 atom stereocenters. The van der Waals surface area contributed by atoms with Crippen molar-refractivity contribution in [1.29, 1.82) is 0 Å². The van der Waals surface area contributed by atoms with Crippen LogP contribution in [0.15, 0.2) is 413 Å². The summed E-state index contributed by atoms with van der Waals surface area (Å²) in [5.74, 6) is 7.80. The van der Waals surface area contributed by atoms with Crippen LogP contribution in [0.2, 0.25) is 0 Å². The zero-order chi connectivity index (χ0) is 91.0.